The van der Waals surface area contributed by atoms with Gasteiger partial charge in [-0.2, -0.15) is 0 Å². The van der Waals surface area contributed by atoms with Gasteiger partial charge in [-0.3, -0.25) is 0 Å². The number of benzene rings is 4. The normalized spacial score (nSPS) is 25.2. The van der Waals surface area contributed by atoms with Gasteiger partial charge in [-0.15, -0.1) is 6.42 Å². The summed E-state index contributed by atoms with van der Waals surface area (Å²) in [4.78, 5) is 4.88. The second-order valence-electron chi connectivity index (χ2n) is 19.8. The molecule has 4 unspecified atom stereocenters. The Hall–Kier alpha value is -5.52. The fourth-order valence-electron chi connectivity index (χ4n) is 12.7. The summed E-state index contributed by atoms with van der Waals surface area (Å²) in [6, 6.07) is 36.1. The van der Waals surface area contributed by atoms with Gasteiger partial charge in [-0.1, -0.05) is 125 Å². The van der Waals surface area contributed by atoms with Gasteiger partial charge in [0.25, 0.3) is 0 Å². The number of allylic oxidation sites excluding steroid dienone is 10. The van der Waals surface area contributed by atoms with Crippen LogP contribution in [0.15, 0.2) is 157 Å². The molecular formula is C60H64N2. The van der Waals surface area contributed by atoms with Crippen LogP contribution in [0.4, 0.5) is 22.7 Å². The number of rotatable bonds is 10. The number of anilines is 4. The molecule has 0 heterocycles. The van der Waals surface area contributed by atoms with Gasteiger partial charge in [0.1, 0.15) is 0 Å². The van der Waals surface area contributed by atoms with E-state index >= 15 is 0 Å². The van der Waals surface area contributed by atoms with Crippen LogP contribution < -0.4 is 9.80 Å². The Balaban J connectivity index is 1.00. The zero-order valence-electron chi connectivity index (χ0n) is 37.5. The molecule has 3 saturated carbocycles. The third-order valence-corrected chi connectivity index (χ3v) is 15.9. The Morgan fingerprint density at radius 2 is 1.44 bits per heavy atom. The highest BCUT2D eigenvalue weighted by molar-refractivity contribution is 5.91. The van der Waals surface area contributed by atoms with Gasteiger partial charge in [0, 0.05) is 45.0 Å². The van der Waals surface area contributed by atoms with Crippen molar-refractivity contribution >= 4 is 28.3 Å². The van der Waals surface area contributed by atoms with E-state index in [1.54, 1.807) is 0 Å². The number of terminal acetylenes is 1. The van der Waals surface area contributed by atoms with Gasteiger partial charge in [0.05, 0.1) is 0 Å². The molecule has 0 saturated heterocycles. The third kappa shape index (κ3) is 7.07. The summed E-state index contributed by atoms with van der Waals surface area (Å²) in [5, 5.41) is 0. The summed E-state index contributed by atoms with van der Waals surface area (Å²) >= 11 is 0. The predicted molar refractivity (Wildman–Crippen MR) is 263 cm³/mol. The largest absolute Gasteiger partial charge is 0.311 e. The molecule has 4 aromatic rings. The van der Waals surface area contributed by atoms with Crippen LogP contribution in [0.25, 0.3) is 5.57 Å². The minimum atomic E-state index is -0.00883. The van der Waals surface area contributed by atoms with E-state index in [1.165, 1.54) is 120 Å². The van der Waals surface area contributed by atoms with Gasteiger partial charge in [0.15, 0.2) is 0 Å². The van der Waals surface area contributed by atoms with Crippen LogP contribution in [0.2, 0.25) is 0 Å². The molecular weight excluding hydrogens is 749 g/mol. The van der Waals surface area contributed by atoms with Crippen LogP contribution in [0.5, 0.6) is 0 Å². The SMILES string of the molecule is C#C/C=C\C(=C/C)N(c1ccc(C2CCCCC2)cc1)c1ccc(C2(c3ccc(N(C4=CCC(C)C=C4)c4ccc5c(c4)C(C)(C)C4=CCCC=C45)cc3)CC3CCC2C3)cc1. The van der Waals surface area contributed by atoms with Crippen molar-refractivity contribution in [3.8, 4) is 12.3 Å². The Labute approximate surface area is 372 Å². The molecule has 0 aromatic heterocycles. The lowest BCUT2D eigenvalue weighted by molar-refractivity contribution is 0.320. The predicted octanol–water partition coefficient (Wildman–Crippen LogP) is 16.1. The number of hydrogen-bond acceptors (Lipinski definition) is 2. The molecule has 2 heteroatoms. The van der Waals surface area contributed by atoms with Crippen LogP contribution in [-0.4, -0.2) is 0 Å². The number of fused-ring (bicyclic) bond motifs is 5. The van der Waals surface area contributed by atoms with Crippen LogP contribution in [0, 0.1) is 30.1 Å². The van der Waals surface area contributed by atoms with Gasteiger partial charge < -0.3 is 9.80 Å². The highest BCUT2D eigenvalue weighted by Gasteiger charge is 2.52. The standard InChI is InChI=1S/C60H64N2/c1-6-8-16-49(7-2)61(51-31-22-45(23-32-51)44-14-10-9-11-15-44)52-33-25-46(26-34-52)60(41-43-21-24-48(60)39-43)47-27-35-53(36-28-47)62(50-29-19-42(3)20-30-50)54-37-38-56-55-17-12-13-18-57(55)59(4,5)58(56)40-54/h1,7-8,16-19,22-23,25-38,40,42-44,48H,9-15,20-21,24,39,41H2,2-5H3/b16-8-,49-7+. The van der Waals surface area contributed by atoms with Crippen molar-refractivity contribution in [2.45, 2.75) is 121 Å². The first-order valence-electron chi connectivity index (χ1n) is 23.9. The maximum Gasteiger partial charge on any atom is 0.0464 e. The molecule has 0 radical (unpaired) electrons. The molecule has 4 aromatic carbocycles. The minimum absolute atomic E-state index is 0.00114. The highest BCUT2D eigenvalue weighted by atomic mass is 15.2. The van der Waals surface area contributed by atoms with Crippen molar-refractivity contribution in [3.05, 3.63) is 184 Å². The van der Waals surface area contributed by atoms with Gasteiger partial charge in [0.2, 0.25) is 0 Å². The van der Waals surface area contributed by atoms with E-state index < -0.39 is 0 Å². The first-order valence-corrected chi connectivity index (χ1v) is 23.9. The Morgan fingerprint density at radius 1 is 0.758 bits per heavy atom. The second-order valence-corrected chi connectivity index (χ2v) is 19.8. The smallest absolute Gasteiger partial charge is 0.0464 e. The maximum atomic E-state index is 5.75. The van der Waals surface area contributed by atoms with Crippen LogP contribution in [0.3, 0.4) is 0 Å². The second kappa shape index (κ2) is 16.6. The van der Waals surface area contributed by atoms with Crippen molar-refractivity contribution in [1.29, 1.82) is 0 Å². The van der Waals surface area contributed by atoms with Crippen molar-refractivity contribution in [2.75, 3.05) is 9.80 Å². The fraction of sp³-hybridized carbons (Fsp3) is 0.367. The van der Waals surface area contributed by atoms with E-state index in [9.17, 15) is 0 Å². The van der Waals surface area contributed by atoms with E-state index in [1.807, 2.05) is 6.08 Å². The summed E-state index contributed by atoms with van der Waals surface area (Å²) in [7, 11) is 0. The topological polar surface area (TPSA) is 6.48 Å². The first kappa shape index (κ1) is 40.5. The summed E-state index contributed by atoms with van der Waals surface area (Å²) in [6.45, 7) is 9.25. The van der Waals surface area contributed by atoms with Gasteiger partial charge in [-0.05, 0) is 188 Å². The Bertz CT molecular complexity index is 2540. The fourth-order valence-corrected chi connectivity index (χ4v) is 12.7. The summed E-state index contributed by atoms with van der Waals surface area (Å²) in [5.74, 6) is 5.38. The lowest BCUT2D eigenvalue weighted by Crippen LogP contribution is -2.34. The molecule has 0 spiro atoms. The third-order valence-electron chi connectivity index (χ3n) is 15.9. The van der Waals surface area contributed by atoms with Crippen molar-refractivity contribution in [3.63, 3.8) is 0 Å². The molecule has 0 amide bonds. The summed E-state index contributed by atoms with van der Waals surface area (Å²) < 4.78 is 0. The van der Waals surface area contributed by atoms with Crippen LogP contribution >= 0.6 is 0 Å². The van der Waals surface area contributed by atoms with E-state index in [2.05, 4.69) is 177 Å². The molecule has 62 heavy (non-hydrogen) atoms. The average Bonchev–Trinajstić information content (AvgIpc) is 4.01. The number of nitrogens with zero attached hydrogens (tertiary/aromatic N) is 2. The lowest BCUT2D eigenvalue weighted by Gasteiger charge is -2.40. The lowest BCUT2D eigenvalue weighted by atomic mass is 9.64. The quantitative estimate of drug-likeness (QED) is 0.116. The van der Waals surface area contributed by atoms with Crippen LogP contribution in [0.1, 0.15) is 138 Å². The molecule has 6 aliphatic rings. The molecule has 0 aliphatic heterocycles. The summed E-state index contributed by atoms with van der Waals surface area (Å²) in [6.07, 6.45) is 39.1. The molecule has 10 rings (SSSR count). The zero-order chi connectivity index (χ0) is 42.4. The van der Waals surface area contributed by atoms with Crippen molar-refractivity contribution in [1.82, 2.24) is 0 Å². The average molecular weight is 813 g/mol. The molecule has 2 nitrogen and oxygen atoms in total. The molecule has 2 bridgehead atoms. The Morgan fingerprint density at radius 3 is 2.06 bits per heavy atom. The van der Waals surface area contributed by atoms with Gasteiger partial charge in [-0.25, -0.2) is 0 Å². The molecule has 6 aliphatic carbocycles. The number of hydrogen-bond donors (Lipinski definition) is 0. The molecule has 4 atom stereocenters. The molecule has 314 valence electrons. The maximum absolute atomic E-state index is 5.75. The van der Waals surface area contributed by atoms with E-state index in [-0.39, 0.29) is 10.8 Å². The van der Waals surface area contributed by atoms with E-state index in [4.69, 9.17) is 6.42 Å². The van der Waals surface area contributed by atoms with E-state index in [0.717, 1.165) is 36.6 Å². The molecule has 0 N–H and O–H groups in total. The summed E-state index contributed by atoms with van der Waals surface area (Å²) in [5.41, 5.74) is 17.3. The first-order chi connectivity index (χ1) is 30.3. The highest BCUT2D eigenvalue weighted by Crippen LogP contribution is 2.60. The van der Waals surface area contributed by atoms with Gasteiger partial charge >= 0.3 is 0 Å². The molecule has 3 fully saturated rings. The van der Waals surface area contributed by atoms with E-state index in [0.29, 0.717) is 17.8 Å². The van der Waals surface area contributed by atoms with Crippen molar-refractivity contribution < 1.29 is 0 Å². The monoisotopic (exact) mass is 813 g/mol. The minimum Gasteiger partial charge on any atom is -0.311 e. The Kier molecular flexibility index (Phi) is 10.9. The van der Waals surface area contributed by atoms with Crippen molar-refractivity contribution in [2.24, 2.45) is 17.8 Å². The zero-order valence-corrected chi connectivity index (χ0v) is 37.5. The van der Waals surface area contributed by atoms with Crippen LogP contribution in [-0.2, 0) is 10.8 Å².